The van der Waals surface area contributed by atoms with Crippen LogP contribution in [0, 0.1) is 0 Å². The molecule has 0 spiro atoms. The number of carbonyl (C=O) groups is 1. The molecule has 3 rings (SSSR count). The van der Waals surface area contributed by atoms with Crippen LogP contribution in [0.1, 0.15) is 23.2 Å². The zero-order chi connectivity index (χ0) is 13.9. The van der Waals surface area contributed by atoms with Crippen molar-refractivity contribution in [1.82, 2.24) is 19.9 Å². The highest BCUT2D eigenvalue weighted by Crippen LogP contribution is 2.16. The SMILES string of the molecule is O=C(c1cccc(-n2ccnn2)c1)N1CCCC(O)C1. The fraction of sp³-hybridized carbons (Fsp3) is 0.357. The Morgan fingerprint density at radius 1 is 1.40 bits per heavy atom. The lowest BCUT2D eigenvalue weighted by atomic mass is 10.1. The summed E-state index contributed by atoms with van der Waals surface area (Å²) in [6, 6.07) is 7.27. The van der Waals surface area contributed by atoms with E-state index < -0.39 is 6.10 Å². The van der Waals surface area contributed by atoms with E-state index in [1.54, 1.807) is 34.1 Å². The van der Waals surface area contributed by atoms with Gasteiger partial charge in [0.1, 0.15) is 0 Å². The van der Waals surface area contributed by atoms with Crippen molar-refractivity contribution >= 4 is 5.91 Å². The normalized spacial score (nSPS) is 19.1. The third-order valence-corrected chi connectivity index (χ3v) is 3.46. The number of hydrogen-bond donors (Lipinski definition) is 1. The Morgan fingerprint density at radius 3 is 3.05 bits per heavy atom. The predicted octanol–water partition coefficient (Wildman–Crippen LogP) is 0.864. The first-order chi connectivity index (χ1) is 9.74. The first-order valence-corrected chi connectivity index (χ1v) is 6.68. The maximum Gasteiger partial charge on any atom is 0.254 e. The van der Waals surface area contributed by atoms with Crippen molar-refractivity contribution in [3.63, 3.8) is 0 Å². The molecule has 0 bridgehead atoms. The highest BCUT2D eigenvalue weighted by Gasteiger charge is 2.23. The number of benzene rings is 1. The number of rotatable bonds is 2. The lowest BCUT2D eigenvalue weighted by molar-refractivity contribution is 0.0474. The Bertz CT molecular complexity index is 597. The lowest BCUT2D eigenvalue weighted by Crippen LogP contribution is -2.42. The number of likely N-dealkylation sites (tertiary alicyclic amines) is 1. The molecule has 2 aromatic rings. The van der Waals surface area contributed by atoms with E-state index in [9.17, 15) is 9.90 Å². The molecule has 1 unspecified atom stereocenters. The molecule has 1 aromatic heterocycles. The Labute approximate surface area is 116 Å². The number of aromatic nitrogens is 3. The average molecular weight is 272 g/mol. The fourth-order valence-electron chi connectivity index (χ4n) is 2.45. The Morgan fingerprint density at radius 2 is 2.30 bits per heavy atom. The van der Waals surface area contributed by atoms with E-state index in [0.29, 0.717) is 18.7 Å². The highest BCUT2D eigenvalue weighted by atomic mass is 16.3. The van der Waals surface area contributed by atoms with E-state index in [4.69, 9.17) is 0 Å². The first-order valence-electron chi connectivity index (χ1n) is 6.68. The zero-order valence-corrected chi connectivity index (χ0v) is 11.0. The van der Waals surface area contributed by atoms with Crippen molar-refractivity contribution in [2.45, 2.75) is 18.9 Å². The van der Waals surface area contributed by atoms with Crippen molar-refractivity contribution < 1.29 is 9.90 Å². The molecule has 1 aliphatic rings. The molecule has 0 radical (unpaired) electrons. The number of amides is 1. The number of piperidine rings is 1. The number of aliphatic hydroxyl groups excluding tert-OH is 1. The van der Waals surface area contributed by atoms with E-state index in [0.717, 1.165) is 18.5 Å². The molecule has 1 atom stereocenters. The van der Waals surface area contributed by atoms with Gasteiger partial charge in [0, 0.05) is 18.7 Å². The van der Waals surface area contributed by atoms with Gasteiger partial charge in [-0.05, 0) is 31.0 Å². The van der Waals surface area contributed by atoms with Gasteiger partial charge < -0.3 is 10.0 Å². The van der Waals surface area contributed by atoms with E-state index in [1.807, 2.05) is 12.1 Å². The summed E-state index contributed by atoms with van der Waals surface area (Å²) in [5, 5.41) is 17.3. The van der Waals surface area contributed by atoms with Gasteiger partial charge in [-0.3, -0.25) is 4.79 Å². The van der Waals surface area contributed by atoms with Crippen molar-refractivity contribution in [1.29, 1.82) is 0 Å². The molecule has 0 aliphatic carbocycles. The van der Waals surface area contributed by atoms with Crippen LogP contribution in [0.25, 0.3) is 5.69 Å². The molecule has 1 fully saturated rings. The summed E-state index contributed by atoms with van der Waals surface area (Å²) in [5.74, 6) is -0.0503. The van der Waals surface area contributed by atoms with Crippen LogP contribution >= 0.6 is 0 Å². The van der Waals surface area contributed by atoms with Crippen molar-refractivity contribution in [2.75, 3.05) is 13.1 Å². The minimum Gasteiger partial charge on any atom is -0.391 e. The highest BCUT2D eigenvalue weighted by molar-refractivity contribution is 5.94. The average Bonchev–Trinajstić information content (AvgIpc) is 3.01. The summed E-state index contributed by atoms with van der Waals surface area (Å²) in [7, 11) is 0. The third-order valence-electron chi connectivity index (χ3n) is 3.46. The molecule has 0 saturated carbocycles. The molecule has 1 saturated heterocycles. The number of β-amino-alcohol motifs (C(OH)–C–C–N with tert-alkyl or cyclic N) is 1. The lowest BCUT2D eigenvalue weighted by Gasteiger charge is -2.30. The third kappa shape index (κ3) is 2.55. The molecule has 6 nitrogen and oxygen atoms in total. The minimum atomic E-state index is -0.411. The van der Waals surface area contributed by atoms with Crippen molar-refractivity contribution in [3.05, 3.63) is 42.2 Å². The molecule has 1 aromatic carbocycles. The predicted molar refractivity (Wildman–Crippen MR) is 72.5 cm³/mol. The topological polar surface area (TPSA) is 71.2 Å². The second-order valence-electron chi connectivity index (χ2n) is 4.95. The monoisotopic (exact) mass is 272 g/mol. The Balaban J connectivity index is 1.83. The quantitative estimate of drug-likeness (QED) is 0.880. The molecule has 104 valence electrons. The summed E-state index contributed by atoms with van der Waals surface area (Å²) >= 11 is 0. The van der Waals surface area contributed by atoms with Crippen LogP contribution < -0.4 is 0 Å². The van der Waals surface area contributed by atoms with Crippen molar-refractivity contribution in [2.24, 2.45) is 0 Å². The number of aliphatic hydroxyl groups is 1. The van der Waals surface area contributed by atoms with Gasteiger partial charge in [0.25, 0.3) is 5.91 Å². The second kappa shape index (κ2) is 5.42. The van der Waals surface area contributed by atoms with Crippen LogP contribution in [-0.4, -0.2) is 50.1 Å². The molecular formula is C14H16N4O2. The zero-order valence-electron chi connectivity index (χ0n) is 11.0. The smallest absolute Gasteiger partial charge is 0.254 e. The fourth-order valence-corrected chi connectivity index (χ4v) is 2.45. The van der Waals surface area contributed by atoms with E-state index in [2.05, 4.69) is 10.3 Å². The summed E-state index contributed by atoms with van der Waals surface area (Å²) in [4.78, 5) is 14.1. The maximum atomic E-state index is 12.4. The summed E-state index contributed by atoms with van der Waals surface area (Å²) in [6.07, 6.45) is 4.52. The van der Waals surface area contributed by atoms with Gasteiger partial charge in [-0.2, -0.15) is 0 Å². The van der Waals surface area contributed by atoms with Gasteiger partial charge in [0.2, 0.25) is 0 Å². The number of nitrogens with zero attached hydrogens (tertiary/aromatic N) is 4. The van der Waals surface area contributed by atoms with Gasteiger partial charge in [-0.15, -0.1) is 5.10 Å². The molecule has 2 heterocycles. The Kier molecular flexibility index (Phi) is 3.47. The molecular weight excluding hydrogens is 256 g/mol. The van der Waals surface area contributed by atoms with Gasteiger partial charge in [-0.1, -0.05) is 11.3 Å². The summed E-state index contributed by atoms with van der Waals surface area (Å²) < 4.78 is 1.61. The van der Waals surface area contributed by atoms with Crippen LogP contribution in [0.5, 0.6) is 0 Å². The van der Waals surface area contributed by atoms with E-state index in [1.165, 1.54) is 0 Å². The van der Waals surface area contributed by atoms with Crippen LogP contribution in [0.15, 0.2) is 36.7 Å². The largest absolute Gasteiger partial charge is 0.391 e. The molecule has 1 amide bonds. The minimum absolute atomic E-state index is 0.0503. The van der Waals surface area contributed by atoms with Gasteiger partial charge >= 0.3 is 0 Å². The number of carbonyl (C=O) groups excluding carboxylic acids is 1. The van der Waals surface area contributed by atoms with E-state index >= 15 is 0 Å². The van der Waals surface area contributed by atoms with Crippen molar-refractivity contribution in [3.8, 4) is 5.69 Å². The number of hydrogen-bond acceptors (Lipinski definition) is 4. The summed E-state index contributed by atoms with van der Waals surface area (Å²) in [6.45, 7) is 1.11. The molecule has 1 aliphatic heterocycles. The molecule has 1 N–H and O–H groups in total. The first kappa shape index (κ1) is 12.8. The molecule has 20 heavy (non-hydrogen) atoms. The van der Waals surface area contributed by atoms with Crippen LogP contribution in [0.4, 0.5) is 0 Å². The van der Waals surface area contributed by atoms with Gasteiger partial charge in [-0.25, -0.2) is 4.68 Å². The van der Waals surface area contributed by atoms with E-state index in [-0.39, 0.29) is 5.91 Å². The van der Waals surface area contributed by atoms with Crippen LogP contribution in [0.2, 0.25) is 0 Å². The summed E-state index contributed by atoms with van der Waals surface area (Å²) in [5.41, 5.74) is 1.40. The Hall–Kier alpha value is -2.21. The van der Waals surface area contributed by atoms with Crippen LogP contribution in [0.3, 0.4) is 0 Å². The van der Waals surface area contributed by atoms with Crippen LogP contribution in [-0.2, 0) is 0 Å². The van der Waals surface area contributed by atoms with Gasteiger partial charge in [0.05, 0.1) is 24.2 Å². The molecule has 6 heteroatoms. The standard InChI is InChI=1S/C14H16N4O2/c19-13-5-2-7-17(10-13)14(20)11-3-1-4-12(9-11)18-8-6-15-16-18/h1,3-4,6,8-9,13,19H,2,5,7,10H2. The maximum absolute atomic E-state index is 12.4. The van der Waals surface area contributed by atoms with Gasteiger partial charge in [0.15, 0.2) is 0 Å². The second-order valence-corrected chi connectivity index (χ2v) is 4.95.